The number of piperidine rings is 2. The monoisotopic (exact) mass is 348 g/mol. The highest BCUT2D eigenvalue weighted by molar-refractivity contribution is 5.77. The molecule has 2 heterocycles. The summed E-state index contributed by atoms with van der Waals surface area (Å²) in [5.41, 5.74) is 1.20. The molecule has 0 saturated carbocycles. The summed E-state index contributed by atoms with van der Waals surface area (Å²) in [6.45, 7) is 3.98. The Balaban J connectivity index is 1.66. The minimum absolute atomic E-state index is 0.0245. The molecule has 6 heteroatoms. The Bertz CT molecular complexity index is 621. The van der Waals surface area contributed by atoms with Crippen molar-refractivity contribution in [2.24, 2.45) is 5.41 Å². The molecule has 1 aromatic rings. The summed E-state index contributed by atoms with van der Waals surface area (Å²) in [5.74, 6) is 0.824. The molecule has 1 spiro atoms. The van der Waals surface area contributed by atoms with Crippen LogP contribution in [0.5, 0.6) is 11.5 Å². The van der Waals surface area contributed by atoms with Gasteiger partial charge in [0.15, 0.2) is 11.5 Å². The summed E-state index contributed by atoms with van der Waals surface area (Å²) in [6, 6.07) is 5.55. The molecule has 2 aliphatic heterocycles. The van der Waals surface area contributed by atoms with Crippen molar-refractivity contribution in [2.45, 2.75) is 32.2 Å². The van der Waals surface area contributed by atoms with Crippen molar-refractivity contribution >= 4 is 5.91 Å². The summed E-state index contributed by atoms with van der Waals surface area (Å²) in [6.07, 6.45) is 3.76. The lowest BCUT2D eigenvalue weighted by molar-refractivity contribution is -0.140. The van der Waals surface area contributed by atoms with E-state index in [0.29, 0.717) is 18.7 Å². The van der Waals surface area contributed by atoms with Gasteiger partial charge in [-0.05, 0) is 43.5 Å². The highest BCUT2D eigenvalue weighted by atomic mass is 16.5. The number of nitrogens with zero attached hydrogens (tertiary/aromatic N) is 2. The van der Waals surface area contributed by atoms with Gasteiger partial charge in [-0.2, -0.15) is 0 Å². The van der Waals surface area contributed by atoms with Crippen molar-refractivity contribution in [3.05, 3.63) is 23.8 Å². The van der Waals surface area contributed by atoms with Crippen LogP contribution in [0.25, 0.3) is 0 Å². The highest BCUT2D eigenvalue weighted by Gasteiger charge is 2.41. The van der Waals surface area contributed by atoms with Crippen LogP contribution in [-0.4, -0.2) is 65.8 Å². The van der Waals surface area contributed by atoms with E-state index in [0.717, 1.165) is 51.0 Å². The number of amides is 1. The molecule has 1 atom stereocenters. The van der Waals surface area contributed by atoms with Crippen molar-refractivity contribution in [1.29, 1.82) is 0 Å². The van der Waals surface area contributed by atoms with Gasteiger partial charge in [-0.15, -0.1) is 0 Å². The quantitative estimate of drug-likeness (QED) is 0.846. The van der Waals surface area contributed by atoms with Crippen LogP contribution in [0.2, 0.25) is 0 Å². The molecule has 2 saturated heterocycles. The normalized spacial score (nSPS) is 24.7. The first-order chi connectivity index (χ1) is 12.0. The molecule has 0 unspecified atom stereocenters. The number of phenols is 1. The molecular weight excluding hydrogens is 320 g/mol. The second-order valence-electron chi connectivity index (χ2n) is 7.36. The zero-order valence-corrected chi connectivity index (χ0v) is 14.9. The van der Waals surface area contributed by atoms with E-state index in [1.165, 1.54) is 0 Å². The molecule has 25 heavy (non-hydrogen) atoms. The van der Waals surface area contributed by atoms with Crippen molar-refractivity contribution in [3.63, 3.8) is 0 Å². The number of ether oxygens (including phenoxy) is 1. The SMILES string of the molecule is COc1ccc(CN2CCC[C@@]3(CCC(=O)N(CCO)C3)C2)cc1O. The average molecular weight is 348 g/mol. The number of benzene rings is 1. The largest absolute Gasteiger partial charge is 0.504 e. The molecule has 0 aromatic heterocycles. The molecule has 0 radical (unpaired) electrons. The zero-order valence-electron chi connectivity index (χ0n) is 14.9. The van der Waals surface area contributed by atoms with Gasteiger partial charge in [-0.1, -0.05) is 6.07 Å². The van der Waals surface area contributed by atoms with Gasteiger partial charge in [0.25, 0.3) is 0 Å². The van der Waals surface area contributed by atoms with Crippen LogP contribution < -0.4 is 4.74 Å². The number of aliphatic hydroxyl groups is 1. The van der Waals surface area contributed by atoms with E-state index in [-0.39, 0.29) is 23.7 Å². The number of aliphatic hydroxyl groups excluding tert-OH is 1. The first-order valence-electron chi connectivity index (χ1n) is 9.02. The molecule has 0 bridgehead atoms. The van der Waals surface area contributed by atoms with Gasteiger partial charge >= 0.3 is 0 Å². The predicted octanol–water partition coefficient (Wildman–Crippen LogP) is 1.60. The molecule has 2 N–H and O–H groups in total. The van der Waals surface area contributed by atoms with Gasteiger partial charge in [-0.3, -0.25) is 9.69 Å². The summed E-state index contributed by atoms with van der Waals surface area (Å²) >= 11 is 0. The number of phenolic OH excluding ortho intramolecular Hbond substituents is 1. The maximum Gasteiger partial charge on any atom is 0.222 e. The molecule has 0 aliphatic carbocycles. The number of methoxy groups -OCH3 is 1. The highest BCUT2D eigenvalue weighted by Crippen LogP contribution is 2.39. The molecule has 3 rings (SSSR count). The van der Waals surface area contributed by atoms with Crippen molar-refractivity contribution in [3.8, 4) is 11.5 Å². The first-order valence-corrected chi connectivity index (χ1v) is 9.02. The number of carbonyl (C=O) groups excluding carboxylic acids is 1. The number of hydrogen-bond donors (Lipinski definition) is 2. The van der Waals surface area contributed by atoms with Gasteiger partial charge in [-0.25, -0.2) is 0 Å². The molecule has 1 aromatic carbocycles. The van der Waals surface area contributed by atoms with Gasteiger partial charge in [0.2, 0.25) is 5.91 Å². The molecule has 138 valence electrons. The van der Waals surface area contributed by atoms with Crippen molar-refractivity contribution in [1.82, 2.24) is 9.80 Å². The minimum Gasteiger partial charge on any atom is -0.504 e. The Labute approximate surface area is 149 Å². The molecule has 1 amide bonds. The van der Waals surface area contributed by atoms with Crippen LogP contribution in [-0.2, 0) is 11.3 Å². The van der Waals surface area contributed by atoms with Crippen LogP contribution >= 0.6 is 0 Å². The maximum atomic E-state index is 12.0. The van der Waals surface area contributed by atoms with E-state index in [2.05, 4.69) is 4.90 Å². The summed E-state index contributed by atoms with van der Waals surface area (Å²) in [7, 11) is 1.55. The summed E-state index contributed by atoms with van der Waals surface area (Å²) in [4.78, 5) is 16.3. The average Bonchev–Trinajstić information content (AvgIpc) is 2.59. The Kier molecular flexibility index (Phi) is 5.49. The number of likely N-dealkylation sites (tertiary alicyclic amines) is 2. The van der Waals surface area contributed by atoms with E-state index < -0.39 is 0 Å². The number of carbonyl (C=O) groups is 1. The number of rotatable bonds is 5. The predicted molar refractivity (Wildman–Crippen MR) is 94.5 cm³/mol. The van der Waals surface area contributed by atoms with Crippen molar-refractivity contribution < 1.29 is 19.7 Å². The van der Waals surface area contributed by atoms with Gasteiger partial charge in [0, 0.05) is 38.0 Å². The summed E-state index contributed by atoms with van der Waals surface area (Å²) in [5, 5.41) is 19.2. The third-order valence-corrected chi connectivity index (χ3v) is 5.51. The maximum absolute atomic E-state index is 12.0. The van der Waals surface area contributed by atoms with Gasteiger partial charge in [0.1, 0.15) is 0 Å². The lowest BCUT2D eigenvalue weighted by atomic mass is 9.73. The van der Waals surface area contributed by atoms with E-state index in [1.807, 2.05) is 11.0 Å². The second kappa shape index (κ2) is 7.62. The van der Waals surface area contributed by atoms with E-state index in [9.17, 15) is 15.0 Å². The van der Waals surface area contributed by atoms with Gasteiger partial charge in [0.05, 0.1) is 13.7 Å². The molecular formula is C19H28N2O4. The minimum atomic E-state index is 0.0245. The van der Waals surface area contributed by atoms with Crippen molar-refractivity contribution in [2.75, 3.05) is 39.9 Å². The van der Waals surface area contributed by atoms with Crippen LogP contribution in [0, 0.1) is 5.41 Å². The number of hydrogen-bond acceptors (Lipinski definition) is 5. The van der Waals surface area contributed by atoms with Gasteiger partial charge < -0.3 is 19.8 Å². The Morgan fingerprint density at radius 3 is 2.84 bits per heavy atom. The zero-order chi connectivity index (χ0) is 17.9. The fraction of sp³-hybridized carbons (Fsp3) is 0.632. The van der Waals surface area contributed by atoms with E-state index in [1.54, 1.807) is 19.2 Å². The topological polar surface area (TPSA) is 73.2 Å². The fourth-order valence-electron chi connectivity index (χ4n) is 4.30. The molecule has 2 fully saturated rings. The molecule has 6 nitrogen and oxygen atoms in total. The Morgan fingerprint density at radius 2 is 2.12 bits per heavy atom. The smallest absolute Gasteiger partial charge is 0.222 e. The third-order valence-electron chi connectivity index (χ3n) is 5.51. The number of aromatic hydroxyl groups is 1. The standard InChI is InChI=1S/C19H28N2O4/c1-25-17-4-3-15(11-16(17)23)12-20-8-2-6-19(13-20)7-5-18(24)21(14-19)9-10-22/h3-4,11,22-23H,2,5-10,12-14H2,1H3/t19-/m1/s1. The van der Waals surface area contributed by atoms with Crippen LogP contribution in [0.15, 0.2) is 18.2 Å². The lowest BCUT2D eigenvalue weighted by Crippen LogP contribution is -2.54. The first kappa shape index (κ1) is 18.0. The second-order valence-corrected chi connectivity index (χ2v) is 7.36. The number of β-amino-alcohol motifs (C(OH)–C–C–N with tert-alkyl or cyclic N) is 1. The molecule has 2 aliphatic rings. The van der Waals surface area contributed by atoms with Crippen LogP contribution in [0.4, 0.5) is 0 Å². The van der Waals surface area contributed by atoms with E-state index >= 15 is 0 Å². The Morgan fingerprint density at radius 1 is 1.28 bits per heavy atom. The van der Waals surface area contributed by atoms with E-state index in [4.69, 9.17) is 4.74 Å². The summed E-state index contributed by atoms with van der Waals surface area (Å²) < 4.78 is 5.10. The fourth-order valence-corrected chi connectivity index (χ4v) is 4.30. The van der Waals surface area contributed by atoms with Crippen LogP contribution in [0.1, 0.15) is 31.2 Å². The van der Waals surface area contributed by atoms with Crippen LogP contribution in [0.3, 0.4) is 0 Å². The third kappa shape index (κ3) is 4.07. The Hall–Kier alpha value is -1.79. The lowest BCUT2D eigenvalue weighted by Gasteiger charge is -2.48.